The Balaban J connectivity index is 1.73. The first kappa shape index (κ1) is 17.8. The Morgan fingerprint density at radius 1 is 1.31 bits per heavy atom. The van der Waals surface area contributed by atoms with Crippen LogP contribution in [0.1, 0.15) is 23.7 Å². The van der Waals surface area contributed by atoms with Crippen molar-refractivity contribution in [3.05, 3.63) is 41.1 Å². The molecular weight excluding hydrogens is 334 g/mol. The van der Waals surface area contributed by atoms with Crippen molar-refractivity contribution in [1.29, 1.82) is 0 Å². The lowest BCUT2D eigenvalue weighted by molar-refractivity contribution is -0.156. The van der Waals surface area contributed by atoms with Crippen LogP contribution >= 0.6 is 0 Å². The van der Waals surface area contributed by atoms with E-state index in [2.05, 4.69) is 10.3 Å². The fraction of sp³-hybridized carbons (Fsp3) is 0.368. The number of benzene rings is 1. The summed E-state index contributed by atoms with van der Waals surface area (Å²) in [7, 11) is 0. The highest BCUT2D eigenvalue weighted by Crippen LogP contribution is 2.23. The molecule has 1 aliphatic heterocycles. The van der Waals surface area contributed by atoms with Gasteiger partial charge in [-0.05, 0) is 38.0 Å². The predicted molar refractivity (Wildman–Crippen MR) is 95.6 cm³/mol. The van der Waals surface area contributed by atoms with E-state index in [4.69, 9.17) is 4.74 Å². The fourth-order valence-electron chi connectivity index (χ4n) is 3.17. The molecule has 1 fully saturated rings. The number of imide groups is 1. The normalized spacial score (nSPS) is 15.0. The molecule has 136 valence electrons. The Hall–Kier alpha value is -2.96. The van der Waals surface area contributed by atoms with Gasteiger partial charge in [-0.25, -0.2) is 4.79 Å². The summed E-state index contributed by atoms with van der Waals surface area (Å²) < 4.78 is 5.26. The number of hydrogen-bond donors (Lipinski definition) is 1. The highest BCUT2D eigenvalue weighted by Gasteiger charge is 2.31. The molecule has 1 atom stereocenters. The smallest absolute Gasteiger partial charge is 0.324 e. The van der Waals surface area contributed by atoms with Gasteiger partial charge in [-0.1, -0.05) is 18.2 Å². The van der Waals surface area contributed by atoms with Gasteiger partial charge in [0.2, 0.25) is 0 Å². The number of hydrogen-bond acceptors (Lipinski definition) is 5. The Kier molecular flexibility index (Phi) is 4.88. The quantitative estimate of drug-likeness (QED) is 0.846. The molecule has 2 aromatic rings. The van der Waals surface area contributed by atoms with Crippen LogP contribution in [-0.4, -0.2) is 47.0 Å². The number of nitrogens with one attached hydrogen (secondary N) is 1. The van der Waals surface area contributed by atoms with Crippen molar-refractivity contribution in [2.24, 2.45) is 0 Å². The maximum Gasteiger partial charge on any atom is 0.324 e. The van der Waals surface area contributed by atoms with Crippen LogP contribution < -0.4 is 5.32 Å². The molecule has 0 radical (unpaired) electrons. The number of amides is 3. The molecule has 7 heteroatoms. The molecule has 1 N–H and O–H groups in total. The van der Waals surface area contributed by atoms with Gasteiger partial charge in [0.05, 0.1) is 11.9 Å². The second kappa shape index (κ2) is 7.11. The lowest BCUT2D eigenvalue weighted by Gasteiger charge is -2.19. The summed E-state index contributed by atoms with van der Waals surface area (Å²) >= 11 is 0. The van der Waals surface area contributed by atoms with Crippen LogP contribution in [0, 0.1) is 13.8 Å². The number of aromatic nitrogens is 1. The van der Waals surface area contributed by atoms with E-state index in [9.17, 15) is 14.4 Å². The zero-order valence-electron chi connectivity index (χ0n) is 15.0. The number of ether oxygens (including phenoxy) is 1. The lowest BCUT2D eigenvalue weighted by atomic mass is 9.99. The van der Waals surface area contributed by atoms with E-state index in [1.165, 1.54) is 6.92 Å². The summed E-state index contributed by atoms with van der Waals surface area (Å²) in [5, 5.41) is 3.53. The van der Waals surface area contributed by atoms with Crippen molar-refractivity contribution < 1.29 is 19.1 Å². The van der Waals surface area contributed by atoms with Gasteiger partial charge in [-0.15, -0.1) is 0 Å². The number of pyridine rings is 1. The van der Waals surface area contributed by atoms with E-state index in [-0.39, 0.29) is 13.0 Å². The topological polar surface area (TPSA) is 88.6 Å². The standard InChI is InChI=1S/C19H21N3O4/c1-11-14-6-4-5-7-16(14)21-12(2)15(11)10-17(23)26-13(3)18(24)22-9-8-20-19(22)25/h4-7,13H,8-10H2,1-3H3,(H,20,25)/t13-/m1/s1. The van der Waals surface area contributed by atoms with E-state index >= 15 is 0 Å². The van der Waals surface area contributed by atoms with Crippen molar-refractivity contribution in [3.63, 3.8) is 0 Å². The number of fused-ring (bicyclic) bond motifs is 1. The Labute approximate surface area is 151 Å². The number of rotatable bonds is 4. The molecule has 3 rings (SSSR count). The molecule has 0 aliphatic carbocycles. The molecule has 7 nitrogen and oxygen atoms in total. The molecule has 0 saturated carbocycles. The maximum absolute atomic E-state index is 12.3. The van der Waals surface area contributed by atoms with Gasteiger partial charge in [0.1, 0.15) is 0 Å². The van der Waals surface area contributed by atoms with Crippen molar-refractivity contribution in [2.45, 2.75) is 33.3 Å². The highest BCUT2D eigenvalue weighted by molar-refractivity contribution is 5.98. The average molecular weight is 355 g/mol. The molecule has 0 spiro atoms. The highest BCUT2D eigenvalue weighted by atomic mass is 16.5. The fourth-order valence-corrected chi connectivity index (χ4v) is 3.17. The van der Waals surface area contributed by atoms with Gasteiger partial charge in [0.25, 0.3) is 5.91 Å². The van der Waals surface area contributed by atoms with Gasteiger partial charge >= 0.3 is 12.0 Å². The van der Waals surface area contributed by atoms with E-state index in [0.717, 1.165) is 32.6 Å². The van der Waals surface area contributed by atoms with Crippen LogP contribution in [0.3, 0.4) is 0 Å². The Bertz CT molecular complexity index is 894. The van der Waals surface area contributed by atoms with Crippen molar-refractivity contribution in [2.75, 3.05) is 13.1 Å². The number of nitrogens with zero attached hydrogens (tertiary/aromatic N) is 2. The Morgan fingerprint density at radius 2 is 2.04 bits per heavy atom. The van der Waals surface area contributed by atoms with Crippen LogP contribution in [0.25, 0.3) is 10.9 Å². The predicted octanol–water partition coefficient (Wildman–Crippen LogP) is 1.88. The largest absolute Gasteiger partial charge is 0.452 e. The number of para-hydroxylation sites is 1. The number of esters is 1. The monoisotopic (exact) mass is 355 g/mol. The molecule has 0 unspecified atom stereocenters. The molecule has 3 amide bonds. The summed E-state index contributed by atoms with van der Waals surface area (Å²) in [5.74, 6) is -1.04. The lowest BCUT2D eigenvalue weighted by Crippen LogP contribution is -2.42. The summed E-state index contributed by atoms with van der Waals surface area (Å²) in [6, 6.07) is 7.28. The van der Waals surface area contributed by atoms with Crippen molar-refractivity contribution in [1.82, 2.24) is 15.2 Å². The summed E-state index contributed by atoms with van der Waals surface area (Å²) in [6.07, 6.45) is -0.986. The van der Waals surface area contributed by atoms with Crippen LogP contribution in [0.4, 0.5) is 4.79 Å². The van der Waals surface area contributed by atoms with Crippen LogP contribution in [0.2, 0.25) is 0 Å². The minimum Gasteiger partial charge on any atom is -0.452 e. The summed E-state index contributed by atoms with van der Waals surface area (Å²) in [6.45, 7) is 5.97. The molecule has 1 aromatic heterocycles. The number of urea groups is 1. The number of carbonyl (C=O) groups excluding carboxylic acids is 3. The third-order valence-electron chi connectivity index (χ3n) is 4.59. The van der Waals surface area contributed by atoms with Gasteiger partial charge in [-0.2, -0.15) is 0 Å². The summed E-state index contributed by atoms with van der Waals surface area (Å²) in [5.41, 5.74) is 3.41. The summed E-state index contributed by atoms with van der Waals surface area (Å²) in [4.78, 5) is 41.7. The van der Waals surface area contributed by atoms with Crippen LogP contribution in [0.5, 0.6) is 0 Å². The first-order valence-corrected chi connectivity index (χ1v) is 8.52. The van der Waals surface area contributed by atoms with Gasteiger partial charge in [-0.3, -0.25) is 19.5 Å². The van der Waals surface area contributed by atoms with E-state index in [0.29, 0.717) is 6.54 Å². The zero-order valence-corrected chi connectivity index (χ0v) is 15.0. The molecule has 1 aromatic carbocycles. The van der Waals surface area contributed by atoms with Crippen molar-refractivity contribution in [3.8, 4) is 0 Å². The van der Waals surface area contributed by atoms with E-state index in [1.54, 1.807) is 0 Å². The molecule has 26 heavy (non-hydrogen) atoms. The van der Waals surface area contributed by atoms with E-state index < -0.39 is 24.0 Å². The van der Waals surface area contributed by atoms with Crippen molar-refractivity contribution >= 4 is 28.8 Å². The maximum atomic E-state index is 12.3. The molecule has 1 aliphatic rings. The first-order chi connectivity index (χ1) is 12.4. The molecule has 0 bridgehead atoms. The van der Waals surface area contributed by atoms with Gasteiger partial charge in [0, 0.05) is 24.2 Å². The second-order valence-corrected chi connectivity index (χ2v) is 6.35. The van der Waals surface area contributed by atoms with Crippen LogP contribution in [-0.2, 0) is 20.7 Å². The number of carbonyl (C=O) groups is 3. The minimum absolute atomic E-state index is 0.0271. The van der Waals surface area contributed by atoms with Gasteiger partial charge < -0.3 is 10.1 Å². The third kappa shape index (κ3) is 3.37. The second-order valence-electron chi connectivity index (χ2n) is 6.35. The van der Waals surface area contributed by atoms with E-state index in [1.807, 2.05) is 38.1 Å². The SMILES string of the molecule is Cc1nc2ccccc2c(C)c1CC(=O)O[C@H](C)C(=O)N1CCNC1=O. The minimum atomic E-state index is -1.01. The Morgan fingerprint density at radius 3 is 2.73 bits per heavy atom. The third-order valence-corrected chi connectivity index (χ3v) is 4.59. The van der Waals surface area contributed by atoms with Crippen LogP contribution in [0.15, 0.2) is 24.3 Å². The number of aryl methyl sites for hydroxylation is 2. The first-order valence-electron chi connectivity index (χ1n) is 8.52. The zero-order chi connectivity index (χ0) is 18.8. The molecular formula is C19H21N3O4. The average Bonchev–Trinajstić information content (AvgIpc) is 3.03. The molecule has 2 heterocycles. The van der Waals surface area contributed by atoms with Gasteiger partial charge in [0.15, 0.2) is 6.10 Å². The molecule has 1 saturated heterocycles.